The van der Waals surface area contributed by atoms with Crippen molar-refractivity contribution in [1.82, 2.24) is 4.90 Å². The van der Waals surface area contributed by atoms with E-state index in [1.165, 1.54) is 24.3 Å². The maximum absolute atomic E-state index is 12.3. The first-order valence-electron chi connectivity index (χ1n) is 5.48. The van der Waals surface area contributed by atoms with Crippen LogP contribution in [0.1, 0.15) is 18.5 Å². The summed E-state index contributed by atoms with van der Waals surface area (Å²) in [7, 11) is 0. The van der Waals surface area contributed by atoms with Crippen molar-refractivity contribution in [2.45, 2.75) is 19.6 Å². The number of para-hydroxylation sites is 1. The van der Waals surface area contributed by atoms with Gasteiger partial charge in [0, 0.05) is 12.1 Å². The van der Waals surface area contributed by atoms with Gasteiger partial charge in [0.15, 0.2) is 6.04 Å². The predicted octanol–water partition coefficient (Wildman–Crippen LogP) is 1.89. The molecule has 0 fully saturated rings. The standard InChI is InChI=1S/C12H13F2NO4/c1-2-15(7-16)10(11(17)18)8-5-3-4-6-9(8)19-12(13)14/h3-7,10,12H,2H2,1H3,(H,17,18). The highest BCUT2D eigenvalue weighted by atomic mass is 19.3. The van der Waals surface area contributed by atoms with Gasteiger partial charge in [-0.3, -0.25) is 4.79 Å². The fourth-order valence-corrected chi connectivity index (χ4v) is 1.68. The van der Waals surface area contributed by atoms with Crippen LogP contribution in [0.15, 0.2) is 24.3 Å². The van der Waals surface area contributed by atoms with Crippen LogP contribution < -0.4 is 4.74 Å². The normalized spacial score (nSPS) is 12.0. The Bertz CT molecular complexity index is 453. The molecule has 1 atom stereocenters. The maximum Gasteiger partial charge on any atom is 0.387 e. The summed E-state index contributed by atoms with van der Waals surface area (Å²) in [5, 5.41) is 9.17. The molecule has 0 aliphatic carbocycles. The first-order valence-corrected chi connectivity index (χ1v) is 5.48. The zero-order valence-corrected chi connectivity index (χ0v) is 10.1. The minimum atomic E-state index is -3.07. The molecule has 1 rings (SSSR count). The third kappa shape index (κ3) is 3.64. The molecule has 1 amide bonds. The highest BCUT2D eigenvalue weighted by Crippen LogP contribution is 2.30. The third-order valence-corrected chi connectivity index (χ3v) is 2.50. The van der Waals surface area contributed by atoms with Crippen LogP contribution in [-0.4, -0.2) is 35.5 Å². The van der Waals surface area contributed by atoms with Gasteiger partial charge in [-0.05, 0) is 13.0 Å². The lowest BCUT2D eigenvalue weighted by molar-refractivity contribution is -0.146. The van der Waals surface area contributed by atoms with E-state index in [4.69, 9.17) is 0 Å². The summed E-state index contributed by atoms with van der Waals surface area (Å²) in [4.78, 5) is 23.1. The molecule has 0 radical (unpaired) electrons. The molecule has 1 N–H and O–H groups in total. The van der Waals surface area contributed by atoms with Gasteiger partial charge in [-0.15, -0.1) is 0 Å². The molecular weight excluding hydrogens is 260 g/mol. The van der Waals surface area contributed by atoms with Crippen molar-refractivity contribution in [3.63, 3.8) is 0 Å². The summed E-state index contributed by atoms with van der Waals surface area (Å²) in [6.07, 6.45) is 0.359. The Hall–Kier alpha value is -2.18. The van der Waals surface area contributed by atoms with Gasteiger partial charge >= 0.3 is 12.6 Å². The molecule has 0 saturated carbocycles. The zero-order chi connectivity index (χ0) is 14.4. The number of likely N-dealkylation sites (N-methyl/N-ethyl adjacent to an activating group) is 1. The quantitative estimate of drug-likeness (QED) is 0.770. The van der Waals surface area contributed by atoms with Crippen molar-refractivity contribution in [2.24, 2.45) is 0 Å². The molecule has 0 saturated heterocycles. The summed E-state index contributed by atoms with van der Waals surface area (Å²) in [5.74, 6) is -1.58. The lowest BCUT2D eigenvalue weighted by atomic mass is 10.0. The van der Waals surface area contributed by atoms with E-state index in [0.29, 0.717) is 6.41 Å². The molecule has 1 aromatic rings. The largest absolute Gasteiger partial charge is 0.479 e. The van der Waals surface area contributed by atoms with E-state index in [0.717, 1.165) is 4.90 Å². The summed E-state index contributed by atoms with van der Waals surface area (Å²) < 4.78 is 28.8. The second-order valence-electron chi connectivity index (χ2n) is 3.59. The van der Waals surface area contributed by atoms with Gasteiger partial charge in [0.2, 0.25) is 6.41 Å². The Balaban J connectivity index is 3.22. The van der Waals surface area contributed by atoms with E-state index in [9.17, 15) is 23.5 Å². The smallest absolute Gasteiger partial charge is 0.387 e. The van der Waals surface area contributed by atoms with Crippen LogP contribution in [-0.2, 0) is 9.59 Å². The Kier molecular flexibility index (Phi) is 5.23. The van der Waals surface area contributed by atoms with Gasteiger partial charge in [0.25, 0.3) is 0 Å². The average molecular weight is 273 g/mol. The van der Waals surface area contributed by atoms with Crippen molar-refractivity contribution < 1.29 is 28.2 Å². The maximum atomic E-state index is 12.3. The van der Waals surface area contributed by atoms with Gasteiger partial charge in [-0.25, -0.2) is 4.79 Å². The molecule has 0 spiro atoms. The Morgan fingerprint density at radius 2 is 2.11 bits per heavy atom. The van der Waals surface area contributed by atoms with Gasteiger partial charge in [0.1, 0.15) is 5.75 Å². The predicted molar refractivity (Wildman–Crippen MR) is 61.9 cm³/mol. The van der Waals surface area contributed by atoms with Crippen LogP contribution in [0.3, 0.4) is 0 Å². The van der Waals surface area contributed by atoms with Gasteiger partial charge < -0.3 is 14.7 Å². The number of alkyl halides is 2. The molecule has 0 aliphatic rings. The molecule has 0 heterocycles. The number of carboxylic acids is 1. The second kappa shape index (κ2) is 6.67. The minimum Gasteiger partial charge on any atom is -0.479 e. The first-order chi connectivity index (χ1) is 9.01. The summed E-state index contributed by atoms with van der Waals surface area (Å²) >= 11 is 0. The number of hydrogen-bond acceptors (Lipinski definition) is 3. The van der Waals surface area contributed by atoms with E-state index in [-0.39, 0.29) is 17.9 Å². The van der Waals surface area contributed by atoms with Crippen LogP contribution in [0, 0.1) is 0 Å². The van der Waals surface area contributed by atoms with Crippen LogP contribution in [0.4, 0.5) is 8.78 Å². The van der Waals surface area contributed by atoms with Crippen molar-refractivity contribution in [1.29, 1.82) is 0 Å². The van der Waals surface area contributed by atoms with Gasteiger partial charge in [-0.1, -0.05) is 18.2 Å². The number of aliphatic carboxylic acids is 1. The summed E-state index contributed by atoms with van der Waals surface area (Å²) in [5.41, 5.74) is 0.00394. The number of carbonyl (C=O) groups excluding carboxylic acids is 1. The Morgan fingerprint density at radius 1 is 1.47 bits per heavy atom. The molecule has 5 nitrogen and oxygen atoms in total. The number of rotatable bonds is 7. The molecule has 7 heteroatoms. The van der Waals surface area contributed by atoms with Crippen molar-refractivity contribution in [3.05, 3.63) is 29.8 Å². The van der Waals surface area contributed by atoms with Crippen molar-refractivity contribution in [3.8, 4) is 5.75 Å². The molecule has 1 unspecified atom stereocenters. The van der Waals surface area contributed by atoms with Gasteiger partial charge in [0.05, 0.1) is 0 Å². The molecule has 19 heavy (non-hydrogen) atoms. The summed E-state index contributed by atoms with van der Waals surface area (Å²) in [6, 6.07) is 4.13. The van der Waals surface area contributed by atoms with Crippen molar-refractivity contribution in [2.75, 3.05) is 6.54 Å². The van der Waals surface area contributed by atoms with Crippen LogP contribution in [0.2, 0.25) is 0 Å². The topological polar surface area (TPSA) is 66.8 Å². The number of nitrogens with zero attached hydrogens (tertiary/aromatic N) is 1. The zero-order valence-electron chi connectivity index (χ0n) is 10.1. The second-order valence-corrected chi connectivity index (χ2v) is 3.59. The fourth-order valence-electron chi connectivity index (χ4n) is 1.68. The number of benzene rings is 1. The number of hydrogen-bond donors (Lipinski definition) is 1. The highest BCUT2D eigenvalue weighted by molar-refractivity contribution is 5.79. The van der Waals surface area contributed by atoms with Crippen LogP contribution in [0.25, 0.3) is 0 Å². The summed E-state index contributed by atoms with van der Waals surface area (Å²) in [6.45, 7) is -1.35. The number of halogens is 2. The van der Waals surface area contributed by atoms with Crippen LogP contribution in [0.5, 0.6) is 5.75 Å². The minimum absolute atomic E-state index is 0.00394. The molecule has 0 bridgehead atoms. The average Bonchev–Trinajstić information content (AvgIpc) is 2.36. The molecule has 104 valence electrons. The van der Waals surface area contributed by atoms with E-state index < -0.39 is 18.6 Å². The van der Waals surface area contributed by atoms with E-state index in [1.807, 2.05) is 0 Å². The van der Waals surface area contributed by atoms with E-state index in [1.54, 1.807) is 6.92 Å². The lowest BCUT2D eigenvalue weighted by Crippen LogP contribution is -2.33. The van der Waals surface area contributed by atoms with Crippen LogP contribution >= 0.6 is 0 Å². The molecule has 0 aromatic heterocycles. The third-order valence-electron chi connectivity index (χ3n) is 2.50. The first kappa shape index (κ1) is 14.9. The highest BCUT2D eigenvalue weighted by Gasteiger charge is 2.29. The number of carboxylic acid groups (broad SMARTS) is 1. The van der Waals surface area contributed by atoms with Crippen molar-refractivity contribution >= 4 is 12.4 Å². The Morgan fingerprint density at radius 3 is 2.58 bits per heavy atom. The van der Waals surface area contributed by atoms with E-state index >= 15 is 0 Å². The van der Waals surface area contributed by atoms with E-state index in [2.05, 4.69) is 4.74 Å². The molecular formula is C12H13F2NO4. The fraction of sp³-hybridized carbons (Fsp3) is 0.333. The number of ether oxygens (including phenoxy) is 1. The number of amides is 1. The number of carbonyl (C=O) groups is 2. The molecule has 1 aromatic carbocycles. The Labute approximate surface area is 108 Å². The molecule has 0 aliphatic heterocycles. The van der Waals surface area contributed by atoms with Gasteiger partial charge in [-0.2, -0.15) is 8.78 Å². The SMILES string of the molecule is CCN(C=O)C(C(=O)O)c1ccccc1OC(F)F. The monoisotopic (exact) mass is 273 g/mol. The lowest BCUT2D eigenvalue weighted by Gasteiger charge is -2.25.